The molecule has 2 rings (SSSR count). The van der Waals surface area contributed by atoms with E-state index in [0.29, 0.717) is 12.2 Å². The lowest BCUT2D eigenvalue weighted by atomic mass is 9.96. The van der Waals surface area contributed by atoms with Crippen molar-refractivity contribution in [3.05, 3.63) is 36.0 Å². The molecule has 5 atom stereocenters. The zero-order chi connectivity index (χ0) is 29.8. The molecule has 0 saturated heterocycles. The Kier molecular flexibility index (Phi) is 12.9. The van der Waals surface area contributed by atoms with Crippen LogP contribution in [0.3, 0.4) is 0 Å². The third kappa shape index (κ3) is 9.56. The monoisotopic (exact) mass is 577 g/mol. The number of amides is 3. The number of aromatic nitrogens is 1. The van der Waals surface area contributed by atoms with E-state index in [2.05, 4.69) is 20.9 Å². The molecule has 12 nitrogen and oxygen atoms in total. The van der Waals surface area contributed by atoms with Gasteiger partial charge in [0, 0.05) is 29.9 Å². The smallest absolute Gasteiger partial charge is 0.326 e. The molecule has 1 aromatic heterocycles. The minimum Gasteiger partial charge on any atom is -0.481 e. The van der Waals surface area contributed by atoms with E-state index < -0.39 is 53.8 Å². The zero-order valence-electron chi connectivity index (χ0n) is 22.9. The molecule has 220 valence electrons. The molecule has 2 aromatic rings. The zero-order valence-corrected chi connectivity index (χ0v) is 23.8. The standard InChI is InChI=1S/C27H39N5O7S/c1-4-15(2)23(32-25(36)20(11-12-40-3)30-24(35)18(28)9-10-22(33)34)26(37)31-21(27(38)39)13-16-14-29-19-8-6-5-7-17(16)19/h5-8,14-15,18,20-21,23,29H,4,9-13,28H2,1-3H3,(H,30,35)(H,31,37)(H,32,36)(H,33,34)(H,38,39). The number of carbonyl (C=O) groups is 5. The van der Waals surface area contributed by atoms with E-state index in [1.807, 2.05) is 37.4 Å². The molecule has 3 amide bonds. The Balaban J connectivity index is 2.16. The van der Waals surface area contributed by atoms with E-state index in [0.717, 1.165) is 16.5 Å². The van der Waals surface area contributed by atoms with Crippen molar-refractivity contribution < 1.29 is 34.2 Å². The molecular weight excluding hydrogens is 538 g/mol. The summed E-state index contributed by atoms with van der Waals surface area (Å²) in [4.78, 5) is 65.1. The van der Waals surface area contributed by atoms with Gasteiger partial charge in [0.25, 0.3) is 0 Å². The number of fused-ring (bicyclic) bond motifs is 1. The van der Waals surface area contributed by atoms with Gasteiger partial charge in [-0.3, -0.25) is 19.2 Å². The van der Waals surface area contributed by atoms with Crippen LogP contribution in [0, 0.1) is 5.92 Å². The van der Waals surface area contributed by atoms with Crippen LogP contribution in [-0.2, 0) is 30.4 Å². The van der Waals surface area contributed by atoms with Crippen LogP contribution in [0.5, 0.6) is 0 Å². The number of thioether (sulfide) groups is 1. The maximum Gasteiger partial charge on any atom is 0.326 e. The van der Waals surface area contributed by atoms with Gasteiger partial charge in [-0.1, -0.05) is 38.5 Å². The third-order valence-corrected chi connectivity index (χ3v) is 7.40. The molecule has 0 bridgehead atoms. The number of hydrogen-bond acceptors (Lipinski definition) is 7. The molecule has 8 N–H and O–H groups in total. The van der Waals surface area contributed by atoms with Crippen molar-refractivity contribution in [2.24, 2.45) is 11.7 Å². The number of aliphatic carboxylic acids is 2. The highest BCUT2D eigenvalue weighted by atomic mass is 32.2. The maximum atomic E-state index is 13.3. The van der Waals surface area contributed by atoms with Crippen LogP contribution in [0.15, 0.2) is 30.5 Å². The molecule has 1 aromatic carbocycles. The average molecular weight is 578 g/mol. The number of benzene rings is 1. The summed E-state index contributed by atoms with van der Waals surface area (Å²) in [5, 5.41) is 27.4. The number of nitrogens with one attached hydrogen (secondary N) is 4. The Bertz CT molecular complexity index is 1190. The minimum atomic E-state index is -1.24. The fourth-order valence-corrected chi connectivity index (χ4v) is 4.60. The number of carboxylic acids is 2. The summed E-state index contributed by atoms with van der Waals surface area (Å²) < 4.78 is 0. The Morgan fingerprint density at radius 1 is 0.975 bits per heavy atom. The molecule has 40 heavy (non-hydrogen) atoms. The van der Waals surface area contributed by atoms with Crippen molar-refractivity contribution >= 4 is 52.3 Å². The van der Waals surface area contributed by atoms with Crippen LogP contribution < -0.4 is 21.7 Å². The summed E-state index contributed by atoms with van der Waals surface area (Å²) in [7, 11) is 0. The van der Waals surface area contributed by atoms with Gasteiger partial charge in [0.05, 0.1) is 6.04 Å². The van der Waals surface area contributed by atoms with Gasteiger partial charge >= 0.3 is 11.9 Å². The molecule has 1 heterocycles. The number of carboxylic acid groups (broad SMARTS) is 2. The van der Waals surface area contributed by atoms with Crippen LogP contribution in [0.25, 0.3) is 10.9 Å². The summed E-state index contributed by atoms with van der Waals surface area (Å²) in [6, 6.07) is 3.00. The molecule has 0 saturated carbocycles. The number of para-hydroxylation sites is 1. The molecular formula is C27H39N5O7S. The lowest BCUT2D eigenvalue weighted by molar-refractivity contribution is -0.142. The second kappa shape index (κ2) is 15.9. The highest BCUT2D eigenvalue weighted by molar-refractivity contribution is 7.98. The van der Waals surface area contributed by atoms with Gasteiger partial charge in [0.2, 0.25) is 17.7 Å². The van der Waals surface area contributed by atoms with E-state index in [1.54, 1.807) is 13.1 Å². The summed E-state index contributed by atoms with van der Waals surface area (Å²) in [5.74, 6) is -4.06. The van der Waals surface area contributed by atoms with E-state index >= 15 is 0 Å². The molecule has 0 aliphatic carbocycles. The first-order valence-electron chi connectivity index (χ1n) is 13.1. The quantitative estimate of drug-likeness (QED) is 0.144. The van der Waals surface area contributed by atoms with Crippen molar-refractivity contribution in [2.75, 3.05) is 12.0 Å². The minimum absolute atomic E-state index is 0.0346. The first-order valence-corrected chi connectivity index (χ1v) is 14.5. The van der Waals surface area contributed by atoms with Crippen molar-refractivity contribution in [1.82, 2.24) is 20.9 Å². The van der Waals surface area contributed by atoms with Crippen LogP contribution >= 0.6 is 11.8 Å². The van der Waals surface area contributed by atoms with Gasteiger partial charge < -0.3 is 36.9 Å². The number of rotatable bonds is 17. The van der Waals surface area contributed by atoms with E-state index in [9.17, 15) is 29.1 Å². The lowest BCUT2D eigenvalue weighted by Gasteiger charge is -2.28. The Morgan fingerprint density at radius 2 is 1.65 bits per heavy atom. The van der Waals surface area contributed by atoms with Crippen LogP contribution in [0.1, 0.15) is 45.1 Å². The average Bonchev–Trinajstić information content (AvgIpc) is 3.33. The fraction of sp³-hybridized carbons (Fsp3) is 0.519. The lowest BCUT2D eigenvalue weighted by Crippen LogP contribution is -2.59. The molecule has 0 spiro atoms. The van der Waals surface area contributed by atoms with Crippen molar-refractivity contribution in [3.63, 3.8) is 0 Å². The first kappa shape index (κ1) is 32.6. The number of hydrogen-bond donors (Lipinski definition) is 7. The van der Waals surface area contributed by atoms with Gasteiger partial charge in [-0.25, -0.2) is 4.79 Å². The van der Waals surface area contributed by atoms with Gasteiger partial charge in [-0.15, -0.1) is 0 Å². The highest BCUT2D eigenvalue weighted by Gasteiger charge is 2.33. The van der Waals surface area contributed by atoms with E-state index in [-0.39, 0.29) is 31.6 Å². The van der Waals surface area contributed by atoms with Gasteiger partial charge in [0.15, 0.2) is 0 Å². The van der Waals surface area contributed by atoms with Crippen LogP contribution in [-0.4, -0.2) is 81.0 Å². The van der Waals surface area contributed by atoms with Gasteiger partial charge in [-0.05, 0) is 42.4 Å². The number of carbonyl (C=O) groups excluding carboxylic acids is 3. The Labute approximate surface area is 237 Å². The normalized spacial score (nSPS) is 14.9. The maximum absolute atomic E-state index is 13.3. The third-order valence-electron chi connectivity index (χ3n) is 6.76. The van der Waals surface area contributed by atoms with Gasteiger partial charge in [0.1, 0.15) is 18.1 Å². The number of nitrogens with two attached hydrogens (primary N) is 1. The van der Waals surface area contributed by atoms with Crippen LogP contribution in [0.2, 0.25) is 0 Å². The van der Waals surface area contributed by atoms with Gasteiger partial charge in [-0.2, -0.15) is 11.8 Å². The molecule has 0 aliphatic rings. The van der Waals surface area contributed by atoms with Crippen molar-refractivity contribution in [3.8, 4) is 0 Å². The van der Waals surface area contributed by atoms with Crippen LogP contribution in [0.4, 0.5) is 0 Å². The largest absolute Gasteiger partial charge is 0.481 e. The summed E-state index contributed by atoms with van der Waals surface area (Å²) >= 11 is 1.46. The predicted octanol–water partition coefficient (Wildman–Crippen LogP) is 1.24. The Morgan fingerprint density at radius 3 is 2.27 bits per heavy atom. The second-order valence-corrected chi connectivity index (χ2v) is 10.7. The Hall–Kier alpha value is -3.58. The SMILES string of the molecule is CCC(C)C(NC(=O)C(CCSC)NC(=O)C(N)CCC(=O)O)C(=O)NC(Cc1c[nH]c2ccccc12)C(=O)O. The number of H-pyrrole nitrogens is 1. The molecule has 0 radical (unpaired) electrons. The first-order chi connectivity index (χ1) is 19.0. The summed E-state index contributed by atoms with van der Waals surface area (Å²) in [6.45, 7) is 3.60. The molecule has 0 fully saturated rings. The summed E-state index contributed by atoms with van der Waals surface area (Å²) in [5.41, 5.74) is 7.38. The molecule has 13 heteroatoms. The van der Waals surface area contributed by atoms with E-state index in [4.69, 9.17) is 10.8 Å². The van der Waals surface area contributed by atoms with Crippen molar-refractivity contribution in [2.45, 2.75) is 70.1 Å². The molecule has 0 aliphatic heterocycles. The number of aromatic amines is 1. The van der Waals surface area contributed by atoms with E-state index in [1.165, 1.54) is 11.8 Å². The predicted molar refractivity (Wildman–Crippen MR) is 153 cm³/mol. The summed E-state index contributed by atoms with van der Waals surface area (Å²) in [6.07, 6.45) is 3.95. The topological polar surface area (TPSA) is 204 Å². The fourth-order valence-electron chi connectivity index (χ4n) is 4.13. The highest BCUT2D eigenvalue weighted by Crippen LogP contribution is 2.19. The van der Waals surface area contributed by atoms with Crippen molar-refractivity contribution in [1.29, 1.82) is 0 Å². The second-order valence-electron chi connectivity index (χ2n) is 9.72. The molecule has 5 unspecified atom stereocenters.